The highest BCUT2D eigenvalue weighted by atomic mass is 32.1. The monoisotopic (exact) mass is 480 g/mol. The molecule has 0 aliphatic carbocycles. The van der Waals surface area contributed by atoms with Crippen molar-refractivity contribution in [2.24, 2.45) is 0 Å². The number of benzene rings is 2. The highest BCUT2D eigenvalue weighted by Crippen LogP contribution is 2.26. The third-order valence-corrected chi connectivity index (χ3v) is 7.04. The van der Waals surface area contributed by atoms with Crippen molar-refractivity contribution in [3.8, 4) is 5.13 Å². The van der Waals surface area contributed by atoms with Crippen molar-refractivity contribution in [1.29, 1.82) is 0 Å². The Balaban J connectivity index is 1.62. The average molecular weight is 481 g/mol. The van der Waals surface area contributed by atoms with Crippen LogP contribution in [0.1, 0.15) is 17.1 Å². The van der Waals surface area contributed by atoms with Gasteiger partial charge in [0.15, 0.2) is 0 Å². The maximum Gasteiger partial charge on any atom is 0.283 e. The lowest BCUT2D eigenvalue weighted by Gasteiger charge is -2.12. The molecule has 172 valence electrons. The molecule has 0 amide bonds. The second-order valence-corrected chi connectivity index (χ2v) is 9.21. The summed E-state index contributed by atoms with van der Waals surface area (Å²) in [4.78, 5) is 40.4. The molecule has 0 fully saturated rings. The predicted molar refractivity (Wildman–Crippen MR) is 136 cm³/mol. The van der Waals surface area contributed by atoms with Gasteiger partial charge in [0.2, 0.25) is 5.13 Å². The molecule has 9 heteroatoms. The third kappa shape index (κ3) is 3.66. The molecule has 0 saturated heterocycles. The van der Waals surface area contributed by atoms with E-state index in [0.717, 1.165) is 15.8 Å². The minimum Gasteiger partial charge on any atom is -0.304 e. The average Bonchev–Trinajstić information content (AvgIpc) is 3.41. The van der Waals surface area contributed by atoms with Crippen LogP contribution in [0.3, 0.4) is 0 Å². The summed E-state index contributed by atoms with van der Waals surface area (Å²) in [5.74, 6) is 0.507. The first-order valence-corrected chi connectivity index (χ1v) is 11.9. The molecule has 0 unspecified atom stereocenters. The van der Waals surface area contributed by atoms with Crippen LogP contribution < -0.4 is 11.1 Å². The Morgan fingerprint density at radius 3 is 2.40 bits per heavy atom. The van der Waals surface area contributed by atoms with E-state index in [4.69, 9.17) is 4.98 Å². The third-order valence-electron chi connectivity index (χ3n) is 6.03. The summed E-state index contributed by atoms with van der Waals surface area (Å²) in [5.41, 5.74) is 2.56. The van der Waals surface area contributed by atoms with Crippen LogP contribution in [0.25, 0.3) is 26.3 Å². The normalized spacial score (nSPS) is 11.5. The topological polar surface area (TPSA) is 87.6 Å². The molecule has 0 aliphatic rings. The first-order chi connectivity index (χ1) is 17.1. The Labute approximate surface area is 203 Å². The van der Waals surface area contributed by atoms with Crippen LogP contribution in [0.4, 0.5) is 0 Å². The molecule has 0 aliphatic heterocycles. The maximum absolute atomic E-state index is 13.9. The van der Waals surface area contributed by atoms with Crippen LogP contribution in [-0.4, -0.2) is 28.9 Å². The van der Waals surface area contributed by atoms with Crippen molar-refractivity contribution in [3.05, 3.63) is 117 Å². The van der Waals surface area contributed by atoms with Crippen molar-refractivity contribution < 1.29 is 0 Å². The molecule has 35 heavy (non-hydrogen) atoms. The van der Waals surface area contributed by atoms with Crippen molar-refractivity contribution in [3.63, 3.8) is 0 Å². The summed E-state index contributed by atoms with van der Waals surface area (Å²) >= 11 is 1.45. The summed E-state index contributed by atoms with van der Waals surface area (Å²) in [5, 5.41) is 1.05. The summed E-state index contributed by atoms with van der Waals surface area (Å²) in [6, 6.07) is 20.9. The van der Waals surface area contributed by atoms with Gasteiger partial charge >= 0.3 is 0 Å². The summed E-state index contributed by atoms with van der Waals surface area (Å²) < 4.78 is 5.98. The lowest BCUT2D eigenvalue weighted by atomic mass is 10.2. The van der Waals surface area contributed by atoms with Gasteiger partial charge in [-0.3, -0.25) is 14.3 Å². The van der Waals surface area contributed by atoms with Crippen molar-refractivity contribution in [2.75, 3.05) is 0 Å². The molecule has 8 nitrogen and oxygen atoms in total. The molecule has 4 aromatic heterocycles. The zero-order valence-corrected chi connectivity index (χ0v) is 19.6. The van der Waals surface area contributed by atoms with Crippen molar-refractivity contribution >= 4 is 32.5 Å². The number of aromatic nitrogens is 6. The number of pyridine rings is 1. The van der Waals surface area contributed by atoms with Crippen LogP contribution >= 0.6 is 11.3 Å². The van der Waals surface area contributed by atoms with Crippen LogP contribution in [0, 0.1) is 6.92 Å². The molecule has 0 N–H and O–H groups in total. The van der Waals surface area contributed by atoms with Gasteiger partial charge in [-0.25, -0.2) is 15.0 Å². The molecule has 0 spiro atoms. The number of nitrogens with zero attached hydrogens (tertiary/aromatic N) is 6. The van der Waals surface area contributed by atoms with Crippen molar-refractivity contribution in [2.45, 2.75) is 20.0 Å². The Morgan fingerprint density at radius 2 is 1.63 bits per heavy atom. The second-order valence-electron chi connectivity index (χ2n) is 8.20. The molecular formula is C26H20N6O2S. The number of para-hydroxylation sites is 1. The molecule has 0 radical (unpaired) electrons. The SMILES string of the molecule is Cc1c2c(=O)n(-c3nc4ccccc4s3)n(Cc3ccccc3)c2cc(=O)n1Cc1ncccn1. The standard InChI is InChI=1S/C26H20N6O2S/c1-17-24-20(14-23(33)30(17)16-22-27-12-7-13-28-22)31(15-18-8-3-2-4-9-18)32(25(24)34)26-29-19-10-5-6-11-21(19)35-26/h2-14H,15-16H2,1H3. The van der Waals surface area contributed by atoms with E-state index in [2.05, 4.69) is 9.97 Å². The van der Waals surface area contributed by atoms with Gasteiger partial charge in [0, 0.05) is 24.2 Å². The van der Waals surface area contributed by atoms with Crippen LogP contribution in [0.15, 0.2) is 88.7 Å². The summed E-state index contributed by atoms with van der Waals surface area (Å²) in [6.07, 6.45) is 3.27. The fraction of sp³-hybridized carbons (Fsp3) is 0.115. The van der Waals surface area contributed by atoms with Gasteiger partial charge in [0.25, 0.3) is 11.1 Å². The van der Waals surface area contributed by atoms with Gasteiger partial charge < -0.3 is 4.57 Å². The first-order valence-electron chi connectivity index (χ1n) is 11.1. The van der Waals surface area contributed by atoms with E-state index in [0.29, 0.717) is 34.1 Å². The molecular weight excluding hydrogens is 460 g/mol. The lowest BCUT2D eigenvalue weighted by Crippen LogP contribution is -2.24. The molecule has 4 heterocycles. The molecule has 2 aromatic carbocycles. The number of hydrogen-bond acceptors (Lipinski definition) is 6. The molecule has 6 aromatic rings. The zero-order valence-electron chi connectivity index (χ0n) is 18.8. The number of fused-ring (bicyclic) bond motifs is 2. The minimum atomic E-state index is -0.217. The van der Waals surface area contributed by atoms with E-state index < -0.39 is 0 Å². The molecule has 0 saturated carbocycles. The molecule has 0 atom stereocenters. The Hall–Kier alpha value is -4.37. The largest absolute Gasteiger partial charge is 0.304 e. The molecule has 0 bridgehead atoms. The first kappa shape index (κ1) is 21.2. The highest BCUT2D eigenvalue weighted by Gasteiger charge is 2.22. The molecule has 6 rings (SSSR count). The smallest absolute Gasteiger partial charge is 0.283 e. The predicted octanol–water partition coefficient (Wildman–Crippen LogP) is 3.76. The minimum absolute atomic E-state index is 0.186. The van der Waals surface area contributed by atoms with E-state index in [-0.39, 0.29) is 17.7 Å². The van der Waals surface area contributed by atoms with Gasteiger partial charge in [-0.15, -0.1) is 0 Å². The fourth-order valence-electron chi connectivity index (χ4n) is 4.35. The van der Waals surface area contributed by atoms with E-state index in [1.165, 1.54) is 17.4 Å². The Morgan fingerprint density at radius 1 is 0.886 bits per heavy atom. The van der Waals surface area contributed by atoms with Gasteiger partial charge in [-0.05, 0) is 30.7 Å². The van der Waals surface area contributed by atoms with Crippen molar-refractivity contribution in [1.82, 2.24) is 28.9 Å². The van der Waals surface area contributed by atoms with Gasteiger partial charge in [0.05, 0.1) is 34.2 Å². The Kier molecular flexibility index (Phi) is 5.11. The highest BCUT2D eigenvalue weighted by molar-refractivity contribution is 7.20. The van der Waals surface area contributed by atoms with E-state index >= 15 is 0 Å². The number of thiazole rings is 1. The van der Waals surface area contributed by atoms with E-state index in [1.54, 1.807) is 34.6 Å². The summed E-state index contributed by atoms with van der Waals surface area (Å²) in [7, 11) is 0. The van der Waals surface area contributed by atoms with Gasteiger partial charge in [0.1, 0.15) is 5.82 Å². The van der Waals surface area contributed by atoms with Gasteiger partial charge in [-0.1, -0.05) is 53.8 Å². The quantitative estimate of drug-likeness (QED) is 0.375. The number of aryl methyl sites for hydroxylation is 1. The Bertz CT molecular complexity index is 1770. The fourth-order valence-corrected chi connectivity index (χ4v) is 5.32. The van der Waals surface area contributed by atoms with E-state index in [9.17, 15) is 9.59 Å². The van der Waals surface area contributed by atoms with Crippen LogP contribution in [0.5, 0.6) is 0 Å². The summed E-state index contributed by atoms with van der Waals surface area (Å²) in [6.45, 7) is 2.40. The second kappa shape index (κ2) is 8.44. The van der Waals surface area contributed by atoms with Crippen LogP contribution in [0.2, 0.25) is 0 Å². The maximum atomic E-state index is 13.9. The van der Waals surface area contributed by atoms with E-state index in [1.807, 2.05) is 59.3 Å². The zero-order chi connectivity index (χ0) is 23.9. The van der Waals surface area contributed by atoms with Gasteiger partial charge in [-0.2, -0.15) is 4.68 Å². The van der Waals surface area contributed by atoms with Crippen LogP contribution in [-0.2, 0) is 13.1 Å². The number of hydrogen-bond donors (Lipinski definition) is 0. The lowest BCUT2D eigenvalue weighted by molar-refractivity contribution is 0.610. The number of rotatable bonds is 5.